The first-order valence-corrected chi connectivity index (χ1v) is 11.3. The topological polar surface area (TPSA) is 6.48 Å². The van der Waals surface area contributed by atoms with Crippen LogP contribution >= 0.6 is 21.6 Å². The van der Waals surface area contributed by atoms with Crippen molar-refractivity contribution >= 4 is 56.3 Å². The monoisotopic (exact) mass is 454 g/mol. The summed E-state index contributed by atoms with van der Waals surface area (Å²) in [5, 5.41) is 0. The first kappa shape index (κ1) is 24.9. The predicted octanol–water partition coefficient (Wildman–Crippen LogP) is 4.89. The zero-order valence-corrected chi connectivity index (χ0v) is 19.1. The number of hydrogen-bond acceptors (Lipinski definition) is 6. The fourth-order valence-corrected chi connectivity index (χ4v) is 3.39. The average molecular weight is 455 g/mol. The van der Waals surface area contributed by atoms with Crippen LogP contribution in [-0.4, -0.2) is 28.2 Å². The molecule has 0 spiro atoms. The van der Waals surface area contributed by atoms with Gasteiger partial charge in [0.25, 0.3) is 0 Å². The molecule has 0 saturated carbocycles. The fraction of sp³-hybridized carbons (Fsp3) is 0.333. The van der Waals surface area contributed by atoms with Crippen molar-refractivity contribution in [1.82, 2.24) is 0 Å². The van der Waals surface area contributed by atoms with Crippen molar-refractivity contribution in [3.8, 4) is 0 Å². The van der Waals surface area contributed by atoms with Gasteiger partial charge in [0.1, 0.15) is 0 Å². The van der Waals surface area contributed by atoms with Gasteiger partial charge in [0, 0.05) is 39.6 Å². The Hall–Kier alpha value is -0.0665. The van der Waals surface area contributed by atoms with Crippen molar-refractivity contribution in [1.29, 1.82) is 0 Å². The Morgan fingerprint density at radius 3 is 1.12 bits per heavy atom. The predicted molar refractivity (Wildman–Crippen MR) is 119 cm³/mol. The summed E-state index contributed by atoms with van der Waals surface area (Å²) in [5.74, 6) is 1.84. The third kappa shape index (κ3) is 10.00. The smallest absolute Gasteiger partial charge is 0.719 e. The van der Waals surface area contributed by atoms with E-state index in [1.54, 1.807) is 0 Å². The van der Waals surface area contributed by atoms with Crippen LogP contribution in [0, 0.1) is 0 Å². The van der Waals surface area contributed by atoms with E-state index in [2.05, 4.69) is 58.3 Å². The van der Waals surface area contributed by atoms with Crippen molar-refractivity contribution < 1.29 is 16.5 Å². The zero-order chi connectivity index (χ0) is 17.9. The molecule has 2 rings (SSSR count). The van der Waals surface area contributed by atoms with Gasteiger partial charge in [-0.15, -0.1) is 0 Å². The summed E-state index contributed by atoms with van der Waals surface area (Å²) in [6.45, 7) is 0. The van der Waals surface area contributed by atoms with Gasteiger partial charge >= 0.3 is 16.5 Å². The maximum Gasteiger partial charge on any atom is 2.00 e. The van der Waals surface area contributed by atoms with Gasteiger partial charge in [0.2, 0.25) is 0 Å². The molecule has 2 aromatic carbocycles. The van der Waals surface area contributed by atoms with E-state index in [1.165, 1.54) is 44.1 Å². The Bertz CT molecular complexity index is 521. The van der Waals surface area contributed by atoms with Crippen LogP contribution in [0.4, 0.5) is 11.4 Å². The summed E-state index contributed by atoms with van der Waals surface area (Å²) in [6, 6.07) is 16.9. The summed E-state index contributed by atoms with van der Waals surface area (Å²) in [7, 11) is 11.0. The van der Waals surface area contributed by atoms with Crippen LogP contribution in [-0.2, 0) is 51.3 Å². The maximum atomic E-state index is 4.82. The van der Waals surface area contributed by atoms with E-state index in [0.717, 1.165) is 11.5 Å². The molecule has 0 aliphatic rings. The van der Waals surface area contributed by atoms with E-state index in [9.17, 15) is 0 Å². The molecule has 0 aliphatic heterocycles. The summed E-state index contributed by atoms with van der Waals surface area (Å²) in [6.07, 6.45) is 0. The second-order valence-electron chi connectivity index (χ2n) is 5.65. The molecule has 0 N–H and O–H groups in total. The van der Waals surface area contributed by atoms with E-state index in [-0.39, 0.29) is 16.5 Å². The quantitative estimate of drug-likeness (QED) is 0.345. The van der Waals surface area contributed by atoms with Crippen LogP contribution in [0.25, 0.3) is 0 Å². The van der Waals surface area contributed by atoms with E-state index in [4.69, 9.17) is 23.3 Å². The Morgan fingerprint density at radius 1 is 0.640 bits per heavy atom. The van der Waals surface area contributed by atoms with Crippen molar-refractivity contribution in [2.24, 2.45) is 0 Å². The van der Waals surface area contributed by atoms with Gasteiger partial charge in [-0.3, -0.25) is 0 Å². The Labute approximate surface area is 181 Å². The molecule has 0 aliphatic carbocycles. The summed E-state index contributed by atoms with van der Waals surface area (Å²) >= 11 is 9.65. The molecule has 0 saturated heterocycles. The Kier molecular flexibility index (Phi) is 14.0. The van der Waals surface area contributed by atoms with Crippen LogP contribution in [0.1, 0.15) is 11.1 Å². The Balaban J connectivity index is 0.000000443. The van der Waals surface area contributed by atoms with Gasteiger partial charge in [-0.25, -0.2) is 0 Å². The van der Waals surface area contributed by atoms with Gasteiger partial charge in [-0.05, 0) is 46.9 Å². The van der Waals surface area contributed by atoms with Crippen LogP contribution < -0.4 is 9.80 Å². The fourth-order valence-electron chi connectivity index (χ4n) is 1.92. The summed E-state index contributed by atoms with van der Waals surface area (Å²) < 4.78 is 0. The number of rotatable bonds is 6. The minimum atomic E-state index is 0. The van der Waals surface area contributed by atoms with Crippen LogP contribution in [0.5, 0.6) is 0 Å². The SMILES string of the molecule is CN(C)c1ccc(CS[S-])cc1.CN(C)c1ccc(CS[S-])cc1.[Ni+2]. The van der Waals surface area contributed by atoms with E-state index in [0.29, 0.717) is 0 Å². The molecule has 0 heterocycles. The van der Waals surface area contributed by atoms with Gasteiger partial charge in [0.15, 0.2) is 0 Å². The summed E-state index contributed by atoms with van der Waals surface area (Å²) in [4.78, 5) is 4.18. The van der Waals surface area contributed by atoms with Crippen molar-refractivity contribution in [2.45, 2.75) is 11.5 Å². The molecule has 25 heavy (non-hydrogen) atoms. The van der Waals surface area contributed by atoms with Crippen LogP contribution in [0.2, 0.25) is 0 Å². The first-order valence-electron chi connectivity index (χ1n) is 7.50. The third-order valence-electron chi connectivity index (χ3n) is 3.36. The largest absolute Gasteiger partial charge is 2.00 e. The molecule has 2 aromatic rings. The molecule has 0 fully saturated rings. The average Bonchev–Trinajstić information content (AvgIpc) is 2.57. The minimum Gasteiger partial charge on any atom is -0.719 e. The second-order valence-corrected chi connectivity index (χ2v) is 8.11. The van der Waals surface area contributed by atoms with Crippen molar-refractivity contribution in [3.63, 3.8) is 0 Å². The van der Waals surface area contributed by atoms with Gasteiger partial charge in [-0.1, -0.05) is 24.3 Å². The van der Waals surface area contributed by atoms with Gasteiger partial charge < -0.3 is 54.7 Å². The molecule has 2 nitrogen and oxygen atoms in total. The molecule has 7 heteroatoms. The maximum absolute atomic E-state index is 4.82. The Morgan fingerprint density at radius 2 is 0.920 bits per heavy atom. The van der Waals surface area contributed by atoms with E-state index < -0.39 is 0 Å². The number of benzene rings is 2. The summed E-state index contributed by atoms with van der Waals surface area (Å²) in [5.41, 5.74) is 5.04. The van der Waals surface area contributed by atoms with Gasteiger partial charge in [0.05, 0.1) is 0 Å². The first-order chi connectivity index (χ1) is 11.5. The standard InChI is InChI=1S/2C9H13NS2.Ni/c2*1-10(2)9-5-3-8(4-6-9)7-12-11;/h2*3-6,11H,7H2,1-2H3;/q;;+2/p-2. The number of nitrogens with zero attached hydrogens (tertiary/aromatic N) is 2. The van der Waals surface area contributed by atoms with Crippen LogP contribution in [0.15, 0.2) is 48.5 Å². The molecule has 0 amide bonds. The molecular weight excluding hydrogens is 431 g/mol. The zero-order valence-electron chi connectivity index (χ0n) is 14.9. The molecule has 0 atom stereocenters. The number of anilines is 2. The van der Waals surface area contributed by atoms with Crippen molar-refractivity contribution in [3.05, 3.63) is 59.7 Å². The normalized spacial score (nSPS) is 9.52. The van der Waals surface area contributed by atoms with Gasteiger partial charge in [-0.2, -0.15) is 0 Å². The molecule has 0 bridgehead atoms. The van der Waals surface area contributed by atoms with E-state index >= 15 is 0 Å². The molecule has 0 unspecified atom stereocenters. The molecule has 140 valence electrons. The van der Waals surface area contributed by atoms with Crippen molar-refractivity contribution in [2.75, 3.05) is 38.0 Å². The number of hydrogen-bond donors (Lipinski definition) is 0. The molecular formula is C18H24N2NiS4. The van der Waals surface area contributed by atoms with Crippen LogP contribution in [0.3, 0.4) is 0 Å². The second kappa shape index (κ2) is 14.0. The minimum absolute atomic E-state index is 0. The van der Waals surface area contributed by atoms with E-state index in [1.807, 2.05) is 28.2 Å². The molecule has 0 aromatic heterocycles. The molecule has 0 radical (unpaired) electrons. The third-order valence-corrected chi connectivity index (χ3v) is 4.97.